The van der Waals surface area contributed by atoms with Gasteiger partial charge in [0.25, 0.3) is 0 Å². The fraction of sp³-hybridized carbons (Fsp3) is 0.333. The monoisotopic (exact) mass is 233 g/mol. The van der Waals surface area contributed by atoms with Crippen molar-refractivity contribution in [1.29, 1.82) is 0 Å². The number of nitrogens with zero attached hydrogens (tertiary/aromatic N) is 1. The van der Waals surface area contributed by atoms with Crippen molar-refractivity contribution in [2.75, 3.05) is 10.7 Å². The average Bonchev–Trinajstić information content (AvgIpc) is 2.89. The molecule has 2 saturated heterocycles. The largest absolute Gasteiger partial charge is 0.307 e. The Hall–Kier alpha value is -1.29. The van der Waals surface area contributed by atoms with E-state index in [0.717, 1.165) is 24.1 Å². The highest BCUT2D eigenvalue weighted by atomic mass is 32.2. The van der Waals surface area contributed by atoms with Crippen LogP contribution >= 0.6 is 11.8 Å². The van der Waals surface area contributed by atoms with E-state index in [4.69, 9.17) is 0 Å². The zero-order chi connectivity index (χ0) is 11.1. The van der Waals surface area contributed by atoms with Gasteiger partial charge in [0, 0.05) is 17.4 Å². The summed E-state index contributed by atoms with van der Waals surface area (Å²) in [6, 6.07) is 7.58. The number of hydrogen-bond donors (Lipinski definition) is 0. The SMILES string of the molecule is O=Cc1ccccc1N1C(=O)C2CC1CS2. The molecule has 2 fully saturated rings. The highest BCUT2D eigenvalue weighted by molar-refractivity contribution is 8.01. The molecule has 2 atom stereocenters. The summed E-state index contributed by atoms with van der Waals surface area (Å²) in [6.45, 7) is 0. The molecule has 4 heteroatoms. The third-order valence-corrected chi connectivity index (χ3v) is 4.55. The van der Waals surface area contributed by atoms with Crippen LogP contribution in [0.25, 0.3) is 0 Å². The maximum Gasteiger partial charge on any atom is 0.240 e. The minimum Gasteiger partial charge on any atom is -0.307 e. The lowest BCUT2D eigenvalue weighted by atomic mass is 10.1. The molecule has 2 heterocycles. The van der Waals surface area contributed by atoms with E-state index in [1.165, 1.54) is 0 Å². The minimum absolute atomic E-state index is 0.115. The van der Waals surface area contributed by atoms with Crippen molar-refractivity contribution < 1.29 is 9.59 Å². The number of anilines is 1. The fourth-order valence-corrected chi connectivity index (χ4v) is 3.77. The Kier molecular flexibility index (Phi) is 2.24. The van der Waals surface area contributed by atoms with Gasteiger partial charge in [0.1, 0.15) is 0 Å². The van der Waals surface area contributed by atoms with Crippen LogP contribution < -0.4 is 4.90 Å². The van der Waals surface area contributed by atoms with Crippen LogP contribution in [0.4, 0.5) is 5.69 Å². The average molecular weight is 233 g/mol. The maximum absolute atomic E-state index is 12.0. The van der Waals surface area contributed by atoms with Crippen LogP contribution in [-0.2, 0) is 4.79 Å². The van der Waals surface area contributed by atoms with Crippen LogP contribution in [0.1, 0.15) is 16.8 Å². The van der Waals surface area contributed by atoms with Gasteiger partial charge in [0.2, 0.25) is 5.91 Å². The molecule has 0 N–H and O–H groups in total. The van der Waals surface area contributed by atoms with Gasteiger partial charge in [-0.15, -0.1) is 11.8 Å². The van der Waals surface area contributed by atoms with Crippen molar-refractivity contribution in [3.8, 4) is 0 Å². The van der Waals surface area contributed by atoms with Gasteiger partial charge in [0.15, 0.2) is 6.29 Å². The molecule has 0 spiro atoms. The van der Waals surface area contributed by atoms with E-state index in [0.29, 0.717) is 5.56 Å². The van der Waals surface area contributed by atoms with Gasteiger partial charge >= 0.3 is 0 Å². The molecule has 3 rings (SSSR count). The van der Waals surface area contributed by atoms with Gasteiger partial charge in [-0.1, -0.05) is 12.1 Å². The first-order chi connectivity index (χ1) is 7.81. The van der Waals surface area contributed by atoms with Crippen LogP contribution in [0.15, 0.2) is 24.3 Å². The first-order valence-electron chi connectivity index (χ1n) is 5.30. The molecule has 2 bridgehead atoms. The molecule has 2 aliphatic rings. The summed E-state index contributed by atoms with van der Waals surface area (Å²) in [5.41, 5.74) is 1.38. The number of amides is 1. The Labute approximate surface area is 97.8 Å². The van der Waals surface area contributed by atoms with E-state index >= 15 is 0 Å². The van der Waals surface area contributed by atoms with Crippen LogP contribution in [0, 0.1) is 0 Å². The van der Waals surface area contributed by atoms with E-state index in [1.54, 1.807) is 17.8 Å². The molecule has 0 radical (unpaired) electrons. The number of fused-ring (bicyclic) bond motifs is 2. The van der Waals surface area contributed by atoms with Crippen molar-refractivity contribution in [3.63, 3.8) is 0 Å². The molecule has 1 aromatic carbocycles. The number of rotatable bonds is 2. The topological polar surface area (TPSA) is 37.4 Å². The molecule has 82 valence electrons. The molecule has 1 amide bonds. The number of carbonyl (C=O) groups is 2. The van der Waals surface area contributed by atoms with Gasteiger partial charge in [0.05, 0.1) is 10.9 Å². The second-order valence-corrected chi connectivity index (χ2v) is 5.33. The maximum atomic E-state index is 12.0. The van der Waals surface area contributed by atoms with Crippen molar-refractivity contribution in [3.05, 3.63) is 29.8 Å². The van der Waals surface area contributed by atoms with Crippen molar-refractivity contribution in [2.45, 2.75) is 17.7 Å². The molecule has 2 aliphatic heterocycles. The Morgan fingerprint density at radius 1 is 1.38 bits per heavy atom. The van der Waals surface area contributed by atoms with Gasteiger partial charge < -0.3 is 4.90 Å². The van der Waals surface area contributed by atoms with E-state index < -0.39 is 0 Å². The van der Waals surface area contributed by atoms with Crippen LogP contribution in [0.3, 0.4) is 0 Å². The summed E-state index contributed by atoms with van der Waals surface area (Å²) in [5.74, 6) is 1.15. The Morgan fingerprint density at radius 2 is 2.19 bits per heavy atom. The summed E-state index contributed by atoms with van der Waals surface area (Å²) in [7, 11) is 0. The predicted molar refractivity (Wildman–Crippen MR) is 64.0 cm³/mol. The molecule has 0 saturated carbocycles. The van der Waals surface area contributed by atoms with E-state index in [2.05, 4.69) is 0 Å². The Balaban J connectivity index is 2.04. The van der Waals surface area contributed by atoms with E-state index in [9.17, 15) is 9.59 Å². The zero-order valence-corrected chi connectivity index (χ0v) is 9.44. The van der Waals surface area contributed by atoms with Gasteiger partial charge in [-0.05, 0) is 18.6 Å². The number of thioether (sulfide) groups is 1. The number of para-hydroxylation sites is 1. The number of carbonyl (C=O) groups excluding carboxylic acids is 2. The Morgan fingerprint density at radius 3 is 2.88 bits per heavy atom. The molecule has 0 aliphatic carbocycles. The molecule has 0 aromatic heterocycles. The fourth-order valence-electron chi connectivity index (χ4n) is 2.42. The van der Waals surface area contributed by atoms with Gasteiger partial charge in [-0.2, -0.15) is 0 Å². The molecule has 1 aromatic rings. The first kappa shape index (κ1) is 9.90. The van der Waals surface area contributed by atoms with Crippen molar-refractivity contribution >= 4 is 29.6 Å². The molecule has 16 heavy (non-hydrogen) atoms. The second kappa shape index (κ2) is 3.63. The van der Waals surface area contributed by atoms with Crippen LogP contribution in [-0.4, -0.2) is 29.2 Å². The highest BCUT2D eigenvalue weighted by Crippen LogP contribution is 2.41. The molecule has 3 nitrogen and oxygen atoms in total. The normalized spacial score (nSPS) is 27.5. The Bertz CT molecular complexity index is 460. The van der Waals surface area contributed by atoms with Crippen LogP contribution in [0.2, 0.25) is 0 Å². The van der Waals surface area contributed by atoms with Crippen molar-refractivity contribution in [1.82, 2.24) is 0 Å². The van der Waals surface area contributed by atoms with E-state index in [1.807, 2.05) is 23.1 Å². The van der Waals surface area contributed by atoms with Crippen molar-refractivity contribution in [2.24, 2.45) is 0 Å². The predicted octanol–water partition coefficient (Wildman–Crippen LogP) is 1.72. The smallest absolute Gasteiger partial charge is 0.240 e. The van der Waals surface area contributed by atoms with Gasteiger partial charge in [-0.3, -0.25) is 9.59 Å². The summed E-state index contributed by atoms with van der Waals surface area (Å²) in [6.07, 6.45) is 1.75. The molecular formula is C12H11NO2S. The lowest BCUT2D eigenvalue weighted by Gasteiger charge is -2.27. The highest BCUT2D eigenvalue weighted by Gasteiger charge is 2.46. The summed E-state index contributed by atoms with van der Waals surface area (Å²) in [5, 5.41) is 0.115. The minimum atomic E-state index is 0.115. The van der Waals surface area contributed by atoms with Gasteiger partial charge in [-0.25, -0.2) is 0 Å². The number of hydrogen-bond acceptors (Lipinski definition) is 3. The first-order valence-corrected chi connectivity index (χ1v) is 6.35. The summed E-state index contributed by atoms with van der Waals surface area (Å²) >= 11 is 1.73. The number of aldehydes is 1. The lowest BCUT2D eigenvalue weighted by Crippen LogP contribution is -2.39. The molecular weight excluding hydrogens is 222 g/mol. The standard InChI is InChI=1S/C12H11NO2S/c14-6-8-3-1-2-4-10(8)13-9-5-11(12(13)15)16-7-9/h1-4,6,9,11H,5,7H2. The van der Waals surface area contributed by atoms with Crippen LogP contribution in [0.5, 0.6) is 0 Å². The number of benzene rings is 1. The summed E-state index contributed by atoms with van der Waals surface area (Å²) < 4.78 is 0. The lowest BCUT2D eigenvalue weighted by molar-refractivity contribution is -0.116. The second-order valence-electron chi connectivity index (χ2n) is 4.10. The zero-order valence-electron chi connectivity index (χ0n) is 8.63. The molecule has 2 unspecified atom stereocenters. The third-order valence-electron chi connectivity index (χ3n) is 3.18. The quantitative estimate of drug-likeness (QED) is 0.730. The summed E-state index contributed by atoms with van der Waals surface area (Å²) in [4.78, 5) is 24.8. The third kappa shape index (κ3) is 1.29. The van der Waals surface area contributed by atoms with E-state index in [-0.39, 0.29) is 17.2 Å².